The Balaban J connectivity index is 1.38. The van der Waals surface area contributed by atoms with Gasteiger partial charge in [-0.15, -0.1) is 5.10 Å². The smallest absolute Gasteiger partial charge is 0.231 e. The Kier molecular flexibility index (Phi) is 6.27. The number of hydrogen-bond donors (Lipinski definition) is 0. The molecule has 0 amide bonds. The Labute approximate surface area is 171 Å². The van der Waals surface area contributed by atoms with E-state index in [1.54, 1.807) is 7.11 Å². The molecule has 2 aliphatic heterocycles. The second-order valence-corrected chi connectivity index (χ2v) is 7.94. The molecular weight excluding hydrogens is 372 g/mol. The van der Waals surface area contributed by atoms with Crippen molar-refractivity contribution < 1.29 is 14.2 Å². The molecule has 1 saturated heterocycles. The highest BCUT2D eigenvalue weighted by molar-refractivity contribution is 5.44. The second kappa shape index (κ2) is 9.06. The van der Waals surface area contributed by atoms with Gasteiger partial charge in [-0.2, -0.15) is 0 Å². The number of nitrogens with zero attached hydrogens (tertiary/aromatic N) is 6. The largest absolute Gasteiger partial charge is 0.454 e. The zero-order valence-corrected chi connectivity index (χ0v) is 17.5. The van der Waals surface area contributed by atoms with E-state index >= 15 is 0 Å². The van der Waals surface area contributed by atoms with Crippen molar-refractivity contribution in [3.8, 4) is 11.5 Å². The van der Waals surface area contributed by atoms with Crippen LogP contribution in [0.15, 0.2) is 18.2 Å². The molecule has 1 atom stereocenters. The molecule has 158 valence electrons. The topological polar surface area (TPSA) is 77.8 Å². The summed E-state index contributed by atoms with van der Waals surface area (Å²) in [5, 5.41) is 12.4. The van der Waals surface area contributed by atoms with E-state index in [0.717, 1.165) is 50.0 Å². The van der Waals surface area contributed by atoms with Crippen molar-refractivity contribution in [2.24, 2.45) is 5.92 Å². The van der Waals surface area contributed by atoms with Crippen molar-refractivity contribution in [1.29, 1.82) is 0 Å². The van der Waals surface area contributed by atoms with E-state index in [0.29, 0.717) is 25.9 Å². The Morgan fingerprint density at radius 3 is 2.66 bits per heavy atom. The van der Waals surface area contributed by atoms with Crippen LogP contribution in [0.5, 0.6) is 11.5 Å². The van der Waals surface area contributed by atoms with Gasteiger partial charge in [-0.3, -0.25) is 9.80 Å². The molecule has 9 heteroatoms. The molecule has 2 aliphatic rings. The van der Waals surface area contributed by atoms with Crippen LogP contribution in [0, 0.1) is 5.92 Å². The third kappa shape index (κ3) is 4.52. The van der Waals surface area contributed by atoms with E-state index in [1.165, 1.54) is 5.56 Å². The lowest BCUT2D eigenvalue weighted by molar-refractivity contribution is 0.0651. The SMILES string of the molecule is COCCn1nnnc1[C@H](C(C)C)N1CCN(Cc2ccc3c(c2)OCO3)CC1. The third-order valence-electron chi connectivity index (χ3n) is 5.61. The maximum Gasteiger partial charge on any atom is 0.231 e. The zero-order chi connectivity index (χ0) is 20.2. The molecule has 0 N–H and O–H groups in total. The molecular formula is C20H30N6O3. The molecule has 29 heavy (non-hydrogen) atoms. The van der Waals surface area contributed by atoms with Crippen LogP contribution in [0.3, 0.4) is 0 Å². The number of methoxy groups -OCH3 is 1. The van der Waals surface area contributed by atoms with Crippen LogP contribution in [-0.2, 0) is 17.8 Å². The van der Waals surface area contributed by atoms with E-state index in [4.69, 9.17) is 14.2 Å². The van der Waals surface area contributed by atoms with Crippen molar-refractivity contribution in [3.63, 3.8) is 0 Å². The highest BCUT2D eigenvalue weighted by Crippen LogP contribution is 2.33. The predicted octanol–water partition coefficient (Wildman–Crippen LogP) is 1.56. The van der Waals surface area contributed by atoms with Gasteiger partial charge in [-0.1, -0.05) is 19.9 Å². The monoisotopic (exact) mass is 402 g/mol. The number of aromatic nitrogens is 4. The fourth-order valence-corrected chi connectivity index (χ4v) is 4.14. The van der Waals surface area contributed by atoms with Crippen molar-refractivity contribution in [3.05, 3.63) is 29.6 Å². The minimum absolute atomic E-state index is 0.203. The first kappa shape index (κ1) is 20.1. The van der Waals surface area contributed by atoms with E-state index in [9.17, 15) is 0 Å². The molecule has 0 spiro atoms. The van der Waals surface area contributed by atoms with Crippen molar-refractivity contribution in [1.82, 2.24) is 30.0 Å². The minimum atomic E-state index is 0.203. The van der Waals surface area contributed by atoms with Crippen LogP contribution in [0.1, 0.15) is 31.3 Å². The van der Waals surface area contributed by atoms with Gasteiger partial charge in [0.05, 0.1) is 19.2 Å². The number of hydrogen-bond acceptors (Lipinski definition) is 8. The molecule has 0 aliphatic carbocycles. The first-order valence-corrected chi connectivity index (χ1v) is 10.3. The van der Waals surface area contributed by atoms with Gasteiger partial charge >= 0.3 is 0 Å². The molecule has 3 heterocycles. The van der Waals surface area contributed by atoms with Gasteiger partial charge in [-0.05, 0) is 34.0 Å². The molecule has 0 bridgehead atoms. The van der Waals surface area contributed by atoms with Crippen LogP contribution < -0.4 is 9.47 Å². The van der Waals surface area contributed by atoms with E-state index in [1.807, 2.05) is 10.7 Å². The standard InChI is InChI=1S/C20H30N6O3/c1-15(2)19(20-21-22-23-26(20)10-11-27-3)25-8-6-24(7-9-25)13-16-4-5-17-18(12-16)29-14-28-17/h4-5,12,15,19H,6-11,13-14H2,1-3H3/t19-/m0/s1. The van der Waals surface area contributed by atoms with Crippen LogP contribution in [0.25, 0.3) is 0 Å². The molecule has 0 unspecified atom stereocenters. The Morgan fingerprint density at radius 1 is 1.10 bits per heavy atom. The van der Waals surface area contributed by atoms with Crippen LogP contribution in [0.4, 0.5) is 0 Å². The van der Waals surface area contributed by atoms with Gasteiger partial charge in [-0.25, -0.2) is 4.68 Å². The molecule has 1 aromatic carbocycles. The molecule has 1 aromatic heterocycles. The number of tetrazole rings is 1. The number of benzene rings is 1. The van der Waals surface area contributed by atoms with Crippen LogP contribution in [-0.4, -0.2) is 76.7 Å². The van der Waals surface area contributed by atoms with Gasteiger partial charge < -0.3 is 14.2 Å². The quantitative estimate of drug-likeness (QED) is 0.658. The summed E-state index contributed by atoms with van der Waals surface area (Å²) >= 11 is 0. The van der Waals surface area contributed by atoms with Gasteiger partial charge in [0, 0.05) is 39.8 Å². The number of rotatable bonds is 8. The third-order valence-corrected chi connectivity index (χ3v) is 5.61. The fourth-order valence-electron chi connectivity index (χ4n) is 4.14. The summed E-state index contributed by atoms with van der Waals surface area (Å²) in [6.07, 6.45) is 0. The normalized spacial score (nSPS) is 18.5. The Bertz CT molecular complexity index is 803. The molecule has 2 aromatic rings. The molecule has 9 nitrogen and oxygen atoms in total. The van der Waals surface area contributed by atoms with Gasteiger partial charge in [0.15, 0.2) is 17.3 Å². The summed E-state index contributed by atoms with van der Waals surface area (Å²) < 4.78 is 18.0. The highest BCUT2D eigenvalue weighted by atomic mass is 16.7. The molecule has 1 fully saturated rings. The lowest BCUT2D eigenvalue weighted by Crippen LogP contribution is -2.48. The van der Waals surface area contributed by atoms with Gasteiger partial charge in [0.25, 0.3) is 0 Å². The molecule has 4 rings (SSSR count). The lowest BCUT2D eigenvalue weighted by atomic mass is 10.0. The van der Waals surface area contributed by atoms with Crippen molar-refractivity contribution in [2.75, 3.05) is 46.7 Å². The average Bonchev–Trinajstić information content (AvgIpc) is 3.37. The van der Waals surface area contributed by atoms with Crippen LogP contribution >= 0.6 is 0 Å². The van der Waals surface area contributed by atoms with Crippen LogP contribution in [0.2, 0.25) is 0 Å². The van der Waals surface area contributed by atoms with Crippen molar-refractivity contribution in [2.45, 2.75) is 33.0 Å². The predicted molar refractivity (Wildman–Crippen MR) is 107 cm³/mol. The van der Waals surface area contributed by atoms with E-state index < -0.39 is 0 Å². The summed E-state index contributed by atoms with van der Waals surface area (Å²) in [4.78, 5) is 5.00. The Hall–Kier alpha value is -2.23. The first-order valence-electron chi connectivity index (χ1n) is 10.3. The highest BCUT2D eigenvalue weighted by Gasteiger charge is 2.31. The molecule has 0 radical (unpaired) electrons. The van der Waals surface area contributed by atoms with Crippen molar-refractivity contribution >= 4 is 0 Å². The summed E-state index contributed by atoms with van der Waals surface area (Å²) in [5.41, 5.74) is 1.26. The maximum atomic E-state index is 5.50. The summed E-state index contributed by atoms with van der Waals surface area (Å²) in [6, 6.07) is 6.42. The van der Waals surface area contributed by atoms with E-state index in [2.05, 4.69) is 51.3 Å². The summed E-state index contributed by atoms with van der Waals surface area (Å²) in [7, 11) is 1.70. The van der Waals surface area contributed by atoms with Gasteiger partial charge in [0.2, 0.25) is 6.79 Å². The maximum absolute atomic E-state index is 5.50. The number of piperazine rings is 1. The number of fused-ring (bicyclic) bond motifs is 1. The zero-order valence-electron chi connectivity index (χ0n) is 17.5. The summed E-state index contributed by atoms with van der Waals surface area (Å²) in [5.74, 6) is 3.04. The fraction of sp³-hybridized carbons (Fsp3) is 0.650. The second-order valence-electron chi connectivity index (χ2n) is 7.94. The van der Waals surface area contributed by atoms with Gasteiger partial charge in [0.1, 0.15) is 0 Å². The van der Waals surface area contributed by atoms with E-state index in [-0.39, 0.29) is 6.04 Å². The number of ether oxygens (including phenoxy) is 3. The first-order chi connectivity index (χ1) is 14.2. The summed E-state index contributed by atoms with van der Waals surface area (Å²) in [6.45, 7) is 11.0. The Morgan fingerprint density at radius 2 is 1.90 bits per heavy atom. The minimum Gasteiger partial charge on any atom is -0.454 e. The average molecular weight is 402 g/mol. The lowest BCUT2D eigenvalue weighted by Gasteiger charge is -2.40. The molecule has 0 saturated carbocycles.